The van der Waals surface area contributed by atoms with E-state index in [-0.39, 0.29) is 17.9 Å². The van der Waals surface area contributed by atoms with Gasteiger partial charge in [0.1, 0.15) is 17.1 Å². The number of ether oxygens (including phenoxy) is 1. The van der Waals surface area contributed by atoms with Crippen molar-refractivity contribution in [1.82, 2.24) is 5.32 Å². The summed E-state index contributed by atoms with van der Waals surface area (Å²) in [5.41, 5.74) is 0.683. The second kappa shape index (κ2) is 9.78. The van der Waals surface area contributed by atoms with E-state index >= 15 is 0 Å². The number of benzene rings is 3. The number of hydrogen-bond acceptors (Lipinski definition) is 5. The first-order valence-corrected chi connectivity index (χ1v) is 10.2. The van der Waals surface area contributed by atoms with Crippen molar-refractivity contribution in [2.75, 3.05) is 16.8 Å². The van der Waals surface area contributed by atoms with Gasteiger partial charge in [-0.1, -0.05) is 42.5 Å². The van der Waals surface area contributed by atoms with Crippen LogP contribution in [0.4, 0.5) is 20.6 Å². The number of amides is 5. The number of rotatable bonds is 6. The summed E-state index contributed by atoms with van der Waals surface area (Å²) in [4.78, 5) is 50.2. The number of barbiturate groups is 1. The van der Waals surface area contributed by atoms with Gasteiger partial charge in [0.2, 0.25) is 0 Å². The van der Waals surface area contributed by atoms with Crippen LogP contribution in [0, 0.1) is 5.82 Å². The molecule has 170 valence electrons. The van der Waals surface area contributed by atoms with E-state index in [1.54, 1.807) is 60.7 Å². The number of carbonyl (C=O) groups excluding carboxylic acids is 4. The average molecular weight is 459 g/mol. The minimum atomic E-state index is -0.823. The predicted molar refractivity (Wildman–Crippen MR) is 122 cm³/mol. The quantitative estimate of drug-likeness (QED) is 0.434. The highest BCUT2D eigenvalue weighted by molar-refractivity contribution is 6.39. The number of carbonyl (C=O) groups is 4. The third kappa shape index (κ3) is 4.99. The third-order valence-corrected chi connectivity index (χ3v) is 4.83. The smallest absolute Gasteiger partial charge is 0.335 e. The fourth-order valence-electron chi connectivity index (χ4n) is 3.19. The molecular formula is C25H18FN3O5. The highest BCUT2D eigenvalue weighted by atomic mass is 19.1. The maximum absolute atomic E-state index is 13.6. The van der Waals surface area contributed by atoms with Crippen molar-refractivity contribution < 1.29 is 28.3 Å². The molecular weight excluding hydrogens is 441 g/mol. The summed E-state index contributed by atoms with van der Waals surface area (Å²) in [5, 5.41) is 4.57. The van der Waals surface area contributed by atoms with Gasteiger partial charge in [0.05, 0.1) is 11.4 Å². The maximum atomic E-state index is 13.6. The van der Waals surface area contributed by atoms with Crippen molar-refractivity contribution in [3.8, 4) is 5.75 Å². The van der Waals surface area contributed by atoms with Gasteiger partial charge in [-0.25, -0.2) is 14.1 Å². The summed E-state index contributed by atoms with van der Waals surface area (Å²) in [5.74, 6) is -2.28. The second-order valence-corrected chi connectivity index (χ2v) is 7.18. The van der Waals surface area contributed by atoms with Gasteiger partial charge in [-0.3, -0.25) is 19.7 Å². The van der Waals surface area contributed by atoms with Crippen LogP contribution < -0.4 is 20.3 Å². The average Bonchev–Trinajstić information content (AvgIpc) is 2.83. The molecule has 1 saturated heterocycles. The van der Waals surface area contributed by atoms with Crippen molar-refractivity contribution in [2.24, 2.45) is 0 Å². The lowest BCUT2D eigenvalue weighted by atomic mass is 10.1. The van der Waals surface area contributed by atoms with Crippen LogP contribution in [0.5, 0.6) is 5.75 Å². The molecule has 0 radical (unpaired) electrons. The molecule has 3 aromatic rings. The Labute approximate surface area is 193 Å². The summed E-state index contributed by atoms with van der Waals surface area (Å²) < 4.78 is 19.0. The Morgan fingerprint density at radius 3 is 2.32 bits per heavy atom. The normalized spacial score (nSPS) is 14.7. The number of imide groups is 2. The third-order valence-electron chi connectivity index (χ3n) is 4.83. The van der Waals surface area contributed by atoms with Crippen LogP contribution >= 0.6 is 0 Å². The molecule has 2 N–H and O–H groups in total. The lowest BCUT2D eigenvalue weighted by Gasteiger charge is -2.26. The molecule has 4 rings (SSSR count). The van der Waals surface area contributed by atoms with E-state index in [2.05, 4.69) is 10.6 Å². The topological polar surface area (TPSA) is 105 Å². The van der Waals surface area contributed by atoms with Crippen LogP contribution in [-0.4, -0.2) is 30.4 Å². The Hall–Kier alpha value is -4.79. The first kappa shape index (κ1) is 22.4. The van der Waals surface area contributed by atoms with E-state index in [9.17, 15) is 23.6 Å². The molecule has 0 unspecified atom stereocenters. The summed E-state index contributed by atoms with van der Waals surface area (Å²) in [6.07, 6.45) is 1.36. The summed E-state index contributed by atoms with van der Waals surface area (Å²) in [6.45, 7) is -0.343. The molecule has 8 nitrogen and oxygen atoms in total. The van der Waals surface area contributed by atoms with Crippen LogP contribution in [0.25, 0.3) is 6.08 Å². The highest BCUT2D eigenvalue weighted by Gasteiger charge is 2.36. The molecule has 0 aromatic heterocycles. The van der Waals surface area contributed by atoms with Crippen LogP contribution in [0.3, 0.4) is 0 Å². The van der Waals surface area contributed by atoms with Gasteiger partial charge in [-0.05, 0) is 48.0 Å². The molecule has 0 aliphatic carbocycles. The predicted octanol–water partition coefficient (Wildman–Crippen LogP) is 3.51. The maximum Gasteiger partial charge on any atom is 0.335 e. The zero-order chi connectivity index (χ0) is 24.1. The van der Waals surface area contributed by atoms with Gasteiger partial charge in [-0.2, -0.15) is 0 Å². The minimum Gasteiger partial charge on any atom is -0.484 e. The van der Waals surface area contributed by atoms with Crippen LogP contribution in [0.1, 0.15) is 5.56 Å². The standard InChI is InChI=1S/C25H18FN3O5/c26-20-8-4-5-9-21(20)27-22(30)15-34-18-12-10-16(11-13-18)14-19-23(31)28-25(33)29(24(19)32)17-6-2-1-3-7-17/h1-14H,15H2,(H,27,30)(H,28,31,33). The van der Waals surface area contributed by atoms with Crippen molar-refractivity contribution in [1.29, 1.82) is 0 Å². The van der Waals surface area contributed by atoms with Gasteiger partial charge in [-0.15, -0.1) is 0 Å². The Morgan fingerprint density at radius 2 is 1.62 bits per heavy atom. The van der Waals surface area contributed by atoms with E-state index in [4.69, 9.17) is 4.74 Å². The van der Waals surface area contributed by atoms with Crippen LogP contribution in [-0.2, 0) is 14.4 Å². The highest BCUT2D eigenvalue weighted by Crippen LogP contribution is 2.22. The number of halogens is 1. The molecule has 1 fully saturated rings. The molecule has 0 bridgehead atoms. The second-order valence-electron chi connectivity index (χ2n) is 7.18. The molecule has 1 aliphatic heterocycles. The van der Waals surface area contributed by atoms with Crippen molar-refractivity contribution in [3.05, 3.63) is 95.8 Å². The minimum absolute atomic E-state index is 0.0523. The molecule has 5 amide bonds. The van der Waals surface area contributed by atoms with Gasteiger partial charge in [0.25, 0.3) is 17.7 Å². The van der Waals surface area contributed by atoms with Gasteiger partial charge in [0, 0.05) is 0 Å². The van der Waals surface area contributed by atoms with Gasteiger partial charge in [0.15, 0.2) is 6.61 Å². The summed E-state index contributed by atoms with van der Waals surface area (Å²) in [7, 11) is 0. The van der Waals surface area contributed by atoms with E-state index in [0.717, 1.165) is 4.90 Å². The Bertz CT molecular complexity index is 1290. The monoisotopic (exact) mass is 459 g/mol. The summed E-state index contributed by atoms with van der Waals surface area (Å²) >= 11 is 0. The van der Waals surface area contributed by atoms with E-state index in [1.807, 2.05) is 0 Å². The Morgan fingerprint density at radius 1 is 0.941 bits per heavy atom. The molecule has 0 saturated carbocycles. The molecule has 3 aromatic carbocycles. The number of anilines is 2. The molecule has 9 heteroatoms. The first-order chi connectivity index (χ1) is 16.4. The molecule has 34 heavy (non-hydrogen) atoms. The Balaban J connectivity index is 1.43. The number of hydrogen-bond donors (Lipinski definition) is 2. The first-order valence-electron chi connectivity index (χ1n) is 10.2. The van der Waals surface area contributed by atoms with E-state index in [0.29, 0.717) is 17.0 Å². The Kier molecular flexibility index (Phi) is 6.45. The summed E-state index contributed by atoms with van der Waals surface area (Å²) in [6, 6.07) is 19.5. The molecule has 0 spiro atoms. The van der Waals surface area contributed by atoms with E-state index in [1.165, 1.54) is 24.3 Å². The lowest BCUT2D eigenvalue weighted by Crippen LogP contribution is -2.54. The van der Waals surface area contributed by atoms with Gasteiger partial charge >= 0.3 is 6.03 Å². The molecule has 0 atom stereocenters. The zero-order valence-electron chi connectivity index (χ0n) is 17.7. The fourth-order valence-corrected chi connectivity index (χ4v) is 3.19. The number of urea groups is 1. The SMILES string of the molecule is O=C(COc1ccc(C=C2C(=O)NC(=O)N(c3ccccc3)C2=O)cc1)Nc1ccccc1F. The molecule has 1 heterocycles. The van der Waals surface area contributed by atoms with Crippen LogP contribution in [0.15, 0.2) is 84.4 Å². The van der Waals surface area contributed by atoms with Crippen molar-refractivity contribution in [3.63, 3.8) is 0 Å². The zero-order valence-corrected chi connectivity index (χ0v) is 17.7. The number of para-hydroxylation sites is 2. The van der Waals surface area contributed by atoms with Crippen molar-refractivity contribution in [2.45, 2.75) is 0 Å². The van der Waals surface area contributed by atoms with Gasteiger partial charge < -0.3 is 10.1 Å². The number of nitrogens with zero attached hydrogens (tertiary/aromatic N) is 1. The van der Waals surface area contributed by atoms with Crippen LogP contribution in [0.2, 0.25) is 0 Å². The fraction of sp³-hybridized carbons (Fsp3) is 0.0400. The van der Waals surface area contributed by atoms with E-state index < -0.39 is 29.6 Å². The largest absolute Gasteiger partial charge is 0.484 e. The molecule has 1 aliphatic rings. The number of nitrogens with one attached hydrogen (secondary N) is 2. The van der Waals surface area contributed by atoms with Crippen molar-refractivity contribution >= 4 is 41.2 Å². The lowest BCUT2D eigenvalue weighted by molar-refractivity contribution is -0.122.